The molecule has 20 heavy (non-hydrogen) atoms. The molecule has 2 rings (SSSR count). The summed E-state index contributed by atoms with van der Waals surface area (Å²) >= 11 is 0. The van der Waals surface area contributed by atoms with E-state index < -0.39 is 11.4 Å². The van der Waals surface area contributed by atoms with Gasteiger partial charge < -0.3 is 4.42 Å². The lowest BCUT2D eigenvalue weighted by Gasteiger charge is -2.27. The highest BCUT2D eigenvalue weighted by Gasteiger charge is 2.28. The van der Waals surface area contributed by atoms with Gasteiger partial charge in [-0.2, -0.15) is 5.12 Å². The number of amides is 1. The maximum Gasteiger partial charge on any atom is 0.282 e. The van der Waals surface area contributed by atoms with E-state index in [9.17, 15) is 9.28 Å². The van der Waals surface area contributed by atoms with Gasteiger partial charge in [-0.25, -0.2) is 0 Å². The third-order valence-corrected chi connectivity index (χ3v) is 3.03. The van der Waals surface area contributed by atoms with Gasteiger partial charge in [-0.05, 0) is 57.5 Å². The summed E-state index contributed by atoms with van der Waals surface area (Å²) in [5.74, 6) is 0.0982. The van der Waals surface area contributed by atoms with E-state index in [-0.39, 0.29) is 5.12 Å². The van der Waals surface area contributed by atoms with Crippen LogP contribution in [0.15, 0.2) is 41.0 Å². The number of rotatable bonds is 2. The topological polar surface area (TPSA) is 33.5 Å². The minimum atomic E-state index is -0.858. The van der Waals surface area contributed by atoms with Gasteiger partial charge in [0.05, 0.1) is 11.8 Å². The normalized spacial score (nSPS) is 11.4. The molecule has 1 aromatic heterocycles. The van der Waals surface area contributed by atoms with E-state index in [0.29, 0.717) is 5.56 Å². The molecule has 3 nitrogen and oxygen atoms in total. The van der Waals surface area contributed by atoms with Gasteiger partial charge in [-0.1, -0.05) is 10.5 Å². The van der Waals surface area contributed by atoms with E-state index in [1.165, 1.54) is 0 Å². The van der Waals surface area contributed by atoms with Crippen LogP contribution in [0.2, 0.25) is 0 Å². The molecule has 0 radical (unpaired) electrons. The zero-order valence-corrected chi connectivity index (χ0v) is 12.1. The van der Waals surface area contributed by atoms with Crippen LogP contribution >= 0.6 is 0 Å². The van der Waals surface area contributed by atoms with Crippen LogP contribution in [0, 0.1) is 6.92 Å². The lowest BCUT2D eigenvalue weighted by Crippen LogP contribution is -2.39. The summed E-state index contributed by atoms with van der Waals surface area (Å²) < 4.78 is 19.3. The van der Waals surface area contributed by atoms with E-state index in [2.05, 4.69) is 0 Å². The predicted molar refractivity (Wildman–Crippen MR) is 75.9 cm³/mol. The molecular weight excluding hydrogens is 257 g/mol. The molecule has 0 saturated heterocycles. The first-order valence-electron chi connectivity index (χ1n) is 6.45. The fraction of sp³-hybridized carbons (Fsp3) is 0.312. The van der Waals surface area contributed by atoms with Gasteiger partial charge in [-0.15, -0.1) is 0 Å². The molecule has 0 aliphatic heterocycles. The average molecular weight is 275 g/mol. The summed E-state index contributed by atoms with van der Waals surface area (Å²) in [5.41, 5.74) is 1.09. The van der Waals surface area contributed by atoms with Crippen molar-refractivity contribution in [1.82, 2.24) is 5.12 Å². The van der Waals surface area contributed by atoms with Crippen LogP contribution in [0.3, 0.4) is 0 Å². The van der Waals surface area contributed by atoms with Crippen molar-refractivity contribution in [3.8, 4) is 11.3 Å². The first kappa shape index (κ1) is 14.3. The Bertz CT molecular complexity index is 612. The summed E-state index contributed by atoms with van der Waals surface area (Å²) in [7, 11) is 0. The number of aryl methyl sites for hydroxylation is 1. The molecule has 0 atom stereocenters. The van der Waals surface area contributed by atoms with Crippen LogP contribution in [-0.4, -0.2) is 16.6 Å². The molecule has 1 amide bonds. The molecular formula is C16H18FNO2. The first-order valence-corrected chi connectivity index (χ1v) is 6.45. The van der Waals surface area contributed by atoms with E-state index in [1.807, 2.05) is 12.1 Å². The lowest BCUT2D eigenvalue weighted by atomic mass is 10.0. The molecule has 0 spiro atoms. The van der Waals surface area contributed by atoms with Gasteiger partial charge in [-0.3, -0.25) is 4.79 Å². The van der Waals surface area contributed by atoms with Crippen LogP contribution < -0.4 is 0 Å². The molecule has 1 heterocycles. The fourth-order valence-electron chi connectivity index (χ4n) is 1.91. The van der Waals surface area contributed by atoms with Crippen molar-refractivity contribution in [2.24, 2.45) is 0 Å². The highest BCUT2D eigenvalue weighted by Crippen LogP contribution is 2.25. The van der Waals surface area contributed by atoms with Gasteiger partial charge in [0.1, 0.15) is 5.76 Å². The standard InChI is InChI=1S/C16H18FNO2/c1-11-10-12(14-6-5-9-20-14)7-8-13(11)15(19)18(17)16(2,3)4/h5-10H,1-4H3. The maximum absolute atomic E-state index is 14.0. The molecule has 0 aliphatic carbocycles. The van der Waals surface area contributed by atoms with Gasteiger partial charge in [0.2, 0.25) is 0 Å². The SMILES string of the molecule is Cc1cc(-c2ccco2)ccc1C(=O)N(F)C(C)(C)C. The number of carbonyl (C=O) groups is 1. The average Bonchev–Trinajstić information content (AvgIpc) is 2.89. The lowest BCUT2D eigenvalue weighted by molar-refractivity contribution is -0.0322. The minimum absolute atomic E-state index is 0.266. The third kappa shape index (κ3) is 2.74. The number of hydrogen-bond acceptors (Lipinski definition) is 2. The van der Waals surface area contributed by atoms with Crippen molar-refractivity contribution in [3.05, 3.63) is 47.7 Å². The quantitative estimate of drug-likeness (QED) is 0.762. The minimum Gasteiger partial charge on any atom is -0.464 e. The second-order valence-electron chi connectivity index (χ2n) is 5.76. The maximum atomic E-state index is 14.0. The Labute approximate surface area is 117 Å². The smallest absolute Gasteiger partial charge is 0.282 e. The number of carbonyl (C=O) groups excluding carboxylic acids is 1. The molecule has 0 unspecified atom stereocenters. The molecule has 0 saturated carbocycles. The molecule has 0 N–H and O–H groups in total. The first-order chi connectivity index (χ1) is 9.30. The zero-order chi connectivity index (χ0) is 14.9. The summed E-state index contributed by atoms with van der Waals surface area (Å²) in [5, 5.41) is 0.266. The van der Waals surface area contributed by atoms with Crippen LogP contribution in [0.5, 0.6) is 0 Å². The Balaban J connectivity index is 2.33. The monoisotopic (exact) mass is 275 g/mol. The zero-order valence-electron chi connectivity index (χ0n) is 12.1. The number of benzene rings is 1. The van der Waals surface area contributed by atoms with Gasteiger partial charge in [0.15, 0.2) is 0 Å². The van der Waals surface area contributed by atoms with Gasteiger partial charge in [0.25, 0.3) is 5.91 Å². The van der Waals surface area contributed by atoms with Crippen LogP contribution in [0.4, 0.5) is 4.48 Å². The summed E-state index contributed by atoms with van der Waals surface area (Å²) in [6, 6.07) is 8.85. The van der Waals surface area contributed by atoms with E-state index in [0.717, 1.165) is 16.9 Å². The van der Waals surface area contributed by atoms with Crippen LogP contribution in [-0.2, 0) is 0 Å². The third-order valence-electron chi connectivity index (χ3n) is 3.03. The second-order valence-corrected chi connectivity index (χ2v) is 5.76. The van der Waals surface area contributed by atoms with Crippen molar-refractivity contribution in [1.29, 1.82) is 0 Å². The van der Waals surface area contributed by atoms with E-state index in [4.69, 9.17) is 4.42 Å². The summed E-state index contributed by atoms with van der Waals surface area (Å²) in [4.78, 5) is 12.1. The van der Waals surface area contributed by atoms with Crippen LogP contribution in [0.1, 0.15) is 36.7 Å². The second kappa shape index (κ2) is 5.12. The number of hydrogen-bond donors (Lipinski definition) is 0. The number of halogens is 1. The van der Waals surface area contributed by atoms with Crippen molar-refractivity contribution in [3.63, 3.8) is 0 Å². The number of furan rings is 1. The highest BCUT2D eigenvalue weighted by atomic mass is 19.2. The molecule has 0 fully saturated rings. The Morgan fingerprint density at radius 2 is 1.95 bits per heavy atom. The Morgan fingerprint density at radius 3 is 2.45 bits per heavy atom. The van der Waals surface area contributed by atoms with Crippen molar-refractivity contribution in [2.45, 2.75) is 33.2 Å². The summed E-state index contributed by atoms with van der Waals surface area (Å²) in [6.45, 7) is 6.74. The fourth-order valence-corrected chi connectivity index (χ4v) is 1.91. The van der Waals surface area contributed by atoms with Gasteiger partial charge >= 0.3 is 0 Å². The van der Waals surface area contributed by atoms with E-state index in [1.54, 1.807) is 52.2 Å². The van der Waals surface area contributed by atoms with E-state index >= 15 is 0 Å². The Hall–Kier alpha value is -2.10. The largest absolute Gasteiger partial charge is 0.464 e. The van der Waals surface area contributed by atoms with Crippen molar-refractivity contribution < 1.29 is 13.7 Å². The Kier molecular flexibility index (Phi) is 3.66. The molecule has 1 aromatic carbocycles. The Morgan fingerprint density at radius 1 is 1.25 bits per heavy atom. The predicted octanol–water partition coefficient (Wildman–Crippen LogP) is 4.38. The molecule has 2 aromatic rings. The van der Waals surface area contributed by atoms with Crippen molar-refractivity contribution >= 4 is 5.91 Å². The highest BCUT2D eigenvalue weighted by molar-refractivity contribution is 5.95. The molecule has 0 aliphatic rings. The number of nitrogens with zero attached hydrogens (tertiary/aromatic N) is 1. The van der Waals surface area contributed by atoms with Crippen molar-refractivity contribution in [2.75, 3.05) is 0 Å². The van der Waals surface area contributed by atoms with Crippen LogP contribution in [0.25, 0.3) is 11.3 Å². The summed E-state index contributed by atoms with van der Waals surface area (Å²) in [6.07, 6.45) is 1.59. The molecule has 106 valence electrons. The molecule has 0 bridgehead atoms. The molecule has 4 heteroatoms. The van der Waals surface area contributed by atoms with Gasteiger partial charge in [0, 0.05) is 11.1 Å².